The van der Waals surface area contributed by atoms with Gasteiger partial charge in [0.05, 0.1) is 5.02 Å². The summed E-state index contributed by atoms with van der Waals surface area (Å²) >= 11 is 5.71. The van der Waals surface area contributed by atoms with E-state index >= 15 is 0 Å². The molecule has 0 bridgehead atoms. The molecule has 0 spiro atoms. The number of nitrogens with two attached hydrogens (primary N) is 1. The Hall–Kier alpha value is -0.640. The molecule has 2 nitrogen and oxygen atoms in total. The molecule has 1 unspecified atom stereocenters. The molecule has 0 radical (unpaired) electrons. The Labute approximate surface area is 126 Å². The number of rotatable bonds is 7. The molecule has 3 N–H and O–H groups in total. The summed E-state index contributed by atoms with van der Waals surface area (Å²) in [5, 5.41) is 3.61. The van der Waals surface area contributed by atoms with Crippen LogP contribution in [0.25, 0.3) is 0 Å². The highest BCUT2D eigenvalue weighted by Crippen LogP contribution is 2.23. The van der Waals surface area contributed by atoms with E-state index in [9.17, 15) is 4.39 Å². The Morgan fingerprint density at radius 1 is 1.20 bits per heavy atom. The molecule has 1 aromatic rings. The quantitative estimate of drug-likeness (QED) is 0.799. The highest BCUT2D eigenvalue weighted by atomic mass is 35.5. The minimum Gasteiger partial charge on any atom is -0.329 e. The normalized spacial score (nSPS) is 13.5. The molecule has 0 fully saturated rings. The maximum atomic E-state index is 13.5. The molecule has 0 aliphatic heterocycles. The summed E-state index contributed by atoms with van der Waals surface area (Å²) in [4.78, 5) is 0. The molecule has 1 aromatic carbocycles. The Kier molecular flexibility index (Phi) is 6.93. The summed E-state index contributed by atoms with van der Waals surface area (Å²) in [5.74, 6) is 1.38. The Bertz CT molecular complexity index is 413. The first-order valence-corrected chi connectivity index (χ1v) is 7.63. The second-order valence-corrected chi connectivity index (χ2v) is 6.43. The van der Waals surface area contributed by atoms with Crippen molar-refractivity contribution in [2.24, 2.45) is 23.5 Å². The smallest absolute Gasteiger partial charge is 0.142 e. The van der Waals surface area contributed by atoms with E-state index in [0.717, 1.165) is 12.1 Å². The first-order chi connectivity index (χ1) is 9.36. The van der Waals surface area contributed by atoms with Crippen LogP contribution in [0.5, 0.6) is 0 Å². The van der Waals surface area contributed by atoms with Crippen LogP contribution in [0.1, 0.15) is 39.3 Å². The van der Waals surface area contributed by atoms with Crippen LogP contribution in [0, 0.1) is 23.6 Å². The van der Waals surface area contributed by atoms with Gasteiger partial charge in [0.25, 0.3) is 0 Å². The Balaban J connectivity index is 2.74. The van der Waals surface area contributed by atoms with Crippen LogP contribution >= 0.6 is 11.6 Å². The summed E-state index contributed by atoms with van der Waals surface area (Å²) in [6.45, 7) is 10.2. The van der Waals surface area contributed by atoms with Gasteiger partial charge in [0.15, 0.2) is 0 Å². The van der Waals surface area contributed by atoms with Gasteiger partial charge in [-0.05, 0) is 42.0 Å². The second kappa shape index (κ2) is 7.96. The average molecular weight is 301 g/mol. The predicted molar refractivity (Wildman–Crippen MR) is 84.4 cm³/mol. The molecule has 0 aromatic heterocycles. The predicted octanol–water partition coefficient (Wildman–Crippen LogP) is 4.00. The fourth-order valence-electron chi connectivity index (χ4n) is 2.59. The maximum absolute atomic E-state index is 13.5. The van der Waals surface area contributed by atoms with Crippen LogP contribution < -0.4 is 11.1 Å². The highest BCUT2D eigenvalue weighted by Gasteiger charge is 2.19. The first kappa shape index (κ1) is 17.4. The number of benzene rings is 1. The fourth-order valence-corrected chi connectivity index (χ4v) is 2.70. The van der Waals surface area contributed by atoms with Crippen molar-refractivity contribution in [2.75, 3.05) is 13.1 Å². The van der Waals surface area contributed by atoms with E-state index in [-0.39, 0.29) is 11.1 Å². The summed E-state index contributed by atoms with van der Waals surface area (Å²) in [7, 11) is 0. The summed E-state index contributed by atoms with van der Waals surface area (Å²) < 4.78 is 13.5. The zero-order valence-electron chi connectivity index (χ0n) is 12.8. The van der Waals surface area contributed by atoms with Crippen LogP contribution in [0.15, 0.2) is 18.2 Å². The number of halogens is 2. The van der Waals surface area contributed by atoms with Gasteiger partial charge in [0.1, 0.15) is 5.82 Å². The SMILES string of the molecule is CC(C)C(CNC(CN)c1ccc(Cl)c(F)c1)C(C)C. The Morgan fingerprint density at radius 3 is 2.25 bits per heavy atom. The lowest BCUT2D eigenvalue weighted by Gasteiger charge is -2.28. The van der Waals surface area contributed by atoms with Crippen molar-refractivity contribution < 1.29 is 4.39 Å². The van der Waals surface area contributed by atoms with Gasteiger partial charge in [0, 0.05) is 12.6 Å². The second-order valence-electron chi connectivity index (χ2n) is 6.02. The zero-order chi connectivity index (χ0) is 15.3. The van der Waals surface area contributed by atoms with Crippen molar-refractivity contribution in [3.8, 4) is 0 Å². The van der Waals surface area contributed by atoms with Crippen molar-refractivity contribution in [3.05, 3.63) is 34.6 Å². The van der Waals surface area contributed by atoms with E-state index in [2.05, 4.69) is 33.0 Å². The lowest BCUT2D eigenvalue weighted by Crippen LogP contribution is -2.35. The van der Waals surface area contributed by atoms with Crippen LogP contribution in [0.4, 0.5) is 4.39 Å². The third-order valence-corrected chi connectivity index (χ3v) is 4.20. The number of nitrogens with one attached hydrogen (secondary N) is 1. The van der Waals surface area contributed by atoms with Gasteiger partial charge < -0.3 is 11.1 Å². The molecule has 1 rings (SSSR count). The van der Waals surface area contributed by atoms with Crippen LogP contribution in [0.2, 0.25) is 5.02 Å². The average Bonchev–Trinajstić information content (AvgIpc) is 2.37. The van der Waals surface area contributed by atoms with E-state index in [1.165, 1.54) is 6.07 Å². The van der Waals surface area contributed by atoms with Gasteiger partial charge in [-0.2, -0.15) is 0 Å². The molecule has 0 aliphatic rings. The van der Waals surface area contributed by atoms with E-state index < -0.39 is 5.82 Å². The van der Waals surface area contributed by atoms with Crippen LogP contribution in [-0.4, -0.2) is 13.1 Å². The van der Waals surface area contributed by atoms with Crippen molar-refractivity contribution in [3.63, 3.8) is 0 Å². The molecule has 114 valence electrons. The van der Waals surface area contributed by atoms with Crippen molar-refractivity contribution >= 4 is 11.6 Å². The van der Waals surface area contributed by atoms with Crippen molar-refractivity contribution in [1.29, 1.82) is 0 Å². The molecule has 0 amide bonds. The molecule has 0 heterocycles. The monoisotopic (exact) mass is 300 g/mol. The van der Waals surface area contributed by atoms with Gasteiger partial charge in [0.2, 0.25) is 0 Å². The van der Waals surface area contributed by atoms with Gasteiger partial charge in [-0.15, -0.1) is 0 Å². The number of hydrogen-bond donors (Lipinski definition) is 2. The van der Waals surface area contributed by atoms with Crippen LogP contribution in [-0.2, 0) is 0 Å². The fraction of sp³-hybridized carbons (Fsp3) is 0.625. The minimum atomic E-state index is -0.395. The highest BCUT2D eigenvalue weighted by molar-refractivity contribution is 6.30. The van der Waals surface area contributed by atoms with Crippen molar-refractivity contribution in [1.82, 2.24) is 5.32 Å². The topological polar surface area (TPSA) is 38.0 Å². The summed E-state index contributed by atoms with van der Waals surface area (Å²) in [6.07, 6.45) is 0. The van der Waals surface area contributed by atoms with E-state index in [1.54, 1.807) is 6.07 Å². The van der Waals surface area contributed by atoms with E-state index in [1.807, 2.05) is 6.07 Å². The largest absolute Gasteiger partial charge is 0.329 e. The molecular weight excluding hydrogens is 275 g/mol. The van der Waals surface area contributed by atoms with Crippen molar-refractivity contribution in [2.45, 2.75) is 33.7 Å². The standard InChI is InChI=1S/C16H26ClFN2/c1-10(2)13(11(3)4)9-20-16(8-19)12-5-6-14(17)15(18)7-12/h5-7,10-11,13,16,20H,8-9,19H2,1-4H3. The van der Waals surface area contributed by atoms with Gasteiger partial charge in [-0.25, -0.2) is 4.39 Å². The lowest BCUT2D eigenvalue weighted by atomic mass is 9.85. The van der Waals surface area contributed by atoms with Gasteiger partial charge in [-0.1, -0.05) is 45.4 Å². The van der Waals surface area contributed by atoms with Gasteiger partial charge >= 0.3 is 0 Å². The van der Waals surface area contributed by atoms with E-state index in [4.69, 9.17) is 17.3 Å². The molecule has 4 heteroatoms. The molecule has 1 atom stereocenters. The molecule has 0 saturated heterocycles. The minimum absolute atomic E-state index is 0.0400. The van der Waals surface area contributed by atoms with Gasteiger partial charge in [-0.3, -0.25) is 0 Å². The third kappa shape index (κ3) is 4.72. The van der Waals surface area contributed by atoms with E-state index in [0.29, 0.717) is 24.3 Å². The lowest BCUT2D eigenvalue weighted by molar-refractivity contribution is 0.266. The molecule has 0 saturated carbocycles. The summed E-state index contributed by atoms with van der Waals surface area (Å²) in [6, 6.07) is 4.84. The summed E-state index contributed by atoms with van der Waals surface area (Å²) in [5.41, 5.74) is 6.66. The molecular formula is C16H26ClFN2. The molecule has 20 heavy (non-hydrogen) atoms. The number of hydrogen-bond acceptors (Lipinski definition) is 2. The maximum Gasteiger partial charge on any atom is 0.142 e. The molecule has 0 aliphatic carbocycles. The third-order valence-electron chi connectivity index (χ3n) is 3.89. The van der Waals surface area contributed by atoms with Crippen LogP contribution in [0.3, 0.4) is 0 Å². The Morgan fingerprint density at radius 2 is 1.80 bits per heavy atom. The first-order valence-electron chi connectivity index (χ1n) is 7.25. The zero-order valence-corrected chi connectivity index (χ0v) is 13.5.